The fraction of sp³-hybridized carbons (Fsp3) is 0.0909. The Labute approximate surface area is 163 Å². The van der Waals surface area contributed by atoms with Crippen molar-refractivity contribution in [2.24, 2.45) is 0 Å². The second-order valence-corrected chi connectivity index (χ2v) is 6.24. The van der Waals surface area contributed by atoms with Crippen LogP contribution in [-0.2, 0) is 6.54 Å². The Kier molecular flexibility index (Phi) is 5.25. The molecule has 0 fully saturated rings. The van der Waals surface area contributed by atoms with Gasteiger partial charge in [-0.2, -0.15) is 5.26 Å². The number of halogens is 2. The van der Waals surface area contributed by atoms with Crippen molar-refractivity contribution in [3.63, 3.8) is 0 Å². The maximum Gasteiger partial charge on any atom is 0.132 e. The molecule has 0 saturated carbocycles. The largest absolute Gasteiger partial charge is 0.336 e. The zero-order chi connectivity index (χ0) is 18.1. The van der Waals surface area contributed by atoms with Crippen LogP contribution in [0.25, 0.3) is 22.2 Å². The second-order valence-electron chi connectivity index (χ2n) is 6.24. The van der Waals surface area contributed by atoms with E-state index in [1.165, 1.54) is 6.07 Å². The van der Waals surface area contributed by atoms with Crippen LogP contribution in [0.5, 0.6) is 0 Å². The van der Waals surface area contributed by atoms with E-state index in [4.69, 9.17) is 5.26 Å². The van der Waals surface area contributed by atoms with Gasteiger partial charge in [-0.05, 0) is 54.4 Å². The van der Waals surface area contributed by atoms with Crippen LogP contribution in [0.2, 0.25) is 0 Å². The van der Waals surface area contributed by atoms with Gasteiger partial charge in [0.1, 0.15) is 5.82 Å². The topological polar surface area (TPSA) is 41.6 Å². The van der Waals surface area contributed by atoms with E-state index in [-0.39, 0.29) is 18.2 Å². The van der Waals surface area contributed by atoms with Gasteiger partial charge < -0.3 is 4.57 Å². The summed E-state index contributed by atoms with van der Waals surface area (Å²) >= 11 is 0. The molecular weight excluding hydrogens is 361 g/mol. The van der Waals surface area contributed by atoms with Crippen LogP contribution in [0.4, 0.5) is 4.39 Å². The number of hydrogen-bond acceptors (Lipinski definition) is 2. The number of rotatable bonds is 3. The minimum Gasteiger partial charge on any atom is -0.336 e. The first kappa shape index (κ1) is 18.6. The molecule has 0 unspecified atom stereocenters. The molecule has 5 heteroatoms. The summed E-state index contributed by atoms with van der Waals surface area (Å²) < 4.78 is 16.6. The minimum atomic E-state index is -0.219. The molecule has 0 aliphatic rings. The van der Waals surface area contributed by atoms with Gasteiger partial charge in [0.05, 0.1) is 22.8 Å². The molecule has 0 aliphatic heterocycles. The van der Waals surface area contributed by atoms with Gasteiger partial charge in [0, 0.05) is 29.9 Å². The molecule has 0 radical (unpaired) electrons. The van der Waals surface area contributed by atoms with Crippen LogP contribution in [0.1, 0.15) is 16.7 Å². The molecule has 0 atom stereocenters. The Hall–Kier alpha value is -3.16. The molecule has 2 aromatic carbocycles. The summed E-state index contributed by atoms with van der Waals surface area (Å²) in [5.41, 5.74) is 5.35. The maximum absolute atomic E-state index is 14.5. The lowest BCUT2D eigenvalue weighted by molar-refractivity contribution is 0.639. The lowest BCUT2D eigenvalue weighted by Gasteiger charge is -2.12. The molecule has 0 saturated heterocycles. The third kappa shape index (κ3) is 3.30. The van der Waals surface area contributed by atoms with Crippen LogP contribution < -0.4 is 0 Å². The SMILES string of the molecule is Cc1c(-c2cccnc2)n(Cc2ccc(C#N)cc2)c2cccc(F)c12.Cl. The number of benzene rings is 2. The Bertz CT molecular complexity index is 1130. The smallest absolute Gasteiger partial charge is 0.132 e. The van der Waals surface area contributed by atoms with E-state index < -0.39 is 0 Å². The first-order valence-electron chi connectivity index (χ1n) is 8.36. The molecule has 0 spiro atoms. The Balaban J connectivity index is 0.00000210. The first-order valence-corrected chi connectivity index (χ1v) is 8.36. The van der Waals surface area contributed by atoms with Crippen molar-refractivity contribution in [2.45, 2.75) is 13.5 Å². The highest BCUT2D eigenvalue weighted by atomic mass is 35.5. The number of aryl methyl sites for hydroxylation is 1. The first-order chi connectivity index (χ1) is 12.7. The molecule has 2 aromatic heterocycles. The fourth-order valence-electron chi connectivity index (χ4n) is 3.46. The summed E-state index contributed by atoms with van der Waals surface area (Å²) in [5.74, 6) is -0.219. The lowest BCUT2D eigenvalue weighted by atomic mass is 10.1. The Morgan fingerprint density at radius 1 is 1.07 bits per heavy atom. The fourth-order valence-corrected chi connectivity index (χ4v) is 3.46. The predicted molar refractivity (Wildman–Crippen MR) is 107 cm³/mol. The van der Waals surface area contributed by atoms with Gasteiger partial charge in [-0.25, -0.2) is 4.39 Å². The highest BCUT2D eigenvalue weighted by Crippen LogP contribution is 2.35. The Morgan fingerprint density at radius 2 is 1.85 bits per heavy atom. The summed E-state index contributed by atoms with van der Waals surface area (Å²) in [4.78, 5) is 4.22. The summed E-state index contributed by atoms with van der Waals surface area (Å²) in [7, 11) is 0. The van der Waals surface area contributed by atoms with Crippen molar-refractivity contribution in [1.82, 2.24) is 9.55 Å². The second kappa shape index (κ2) is 7.61. The molecular formula is C22H17ClFN3. The Morgan fingerprint density at radius 3 is 2.52 bits per heavy atom. The number of aromatic nitrogens is 2. The van der Waals surface area contributed by atoms with E-state index in [0.29, 0.717) is 17.5 Å². The third-order valence-electron chi connectivity index (χ3n) is 4.64. The molecule has 3 nitrogen and oxygen atoms in total. The van der Waals surface area contributed by atoms with Gasteiger partial charge in [0.15, 0.2) is 0 Å². The van der Waals surface area contributed by atoms with E-state index >= 15 is 0 Å². The van der Waals surface area contributed by atoms with Crippen molar-refractivity contribution < 1.29 is 4.39 Å². The van der Waals surface area contributed by atoms with Crippen LogP contribution >= 0.6 is 12.4 Å². The van der Waals surface area contributed by atoms with Gasteiger partial charge in [-0.15, -0.1) is 12.4 Å². The average Bonchev–Trinajstić information content (AvgIpc) is 2.96. The molecule has 2 heterocycles. The quantitative estimate of drug-likeness (QED) is 0.473. The summed E-state index contributed by atoms with van der Waals surface area (Å²) in [5, 5.41) is 9.62. The number of nitrogens with zero attached hydrogens (tertiary/aromatic N) is 3. The summed E-state index contributed by atoms with van der Waals surface area (Å²) in [6.07, 6.45) is 3.53. The van der Waals surface area contributed by atoms with Crippen molar-refractivity contribution >= 4 is 23.3 Å². The summed E-state index contributed by atoms with van der Waals surface area (Å²) in [6.45, 7) is 2.53. The number of pyridine rings is 1. The molecule has 0 amide bonds. The molecule has 134 valence electrons. The predicted octanol–water partition coefficient (Wildman–Crippen LogP) is 5.49. The molecule has 0 bridgehead atoms. The van der Waals surface area contributed by atoms with Gasteiger partial charge in [-0.1, -0.05) is 18.2 Å². The zero-order valence-corrected chi connectivity index (χ0v) is 15.5. The molecule has 0 N–H and O–H groups in total. The highest BCUT2D eigenvalue weighted by Gasteiger charge is 2.18. The average molecular weight is 378 g/mol. The monoisotopic (exact) mass is 377 g/mol. The van der Waals surface area contributed by atoms with Crippen molar-refractivity contribution in [2.75, 3.05) is 0 Å². The van der Waals surface area contributed by atoms with Gasteiger partial charge in [0.2, 0.25) is 0 Å². The van der Waals surface area contributed by atoms with Crippen molar-refractivity contribution in [3.05, 3.63) is 89.5 Å². The van der Waals surface area contributed by atoms with Gasteiger partial charge >= 0.3 is 0 Å². The van der Waals surface area contributed by atoms with Crippen LogP contribution in [0, 0.1) is 24.1 Å². The van der Waals surface area contributed by atoms with Crippen molar-refractivity contribution in [3.8, 4) is 17.3 Å². The van der Waals surface area contributed by atoms with E-state index in [2.05, 4.69) is 15.6 Å². The zero-order valence-electron chi connectivity index (χ0n) is 14.7. The summed E-state index contributed by atoms with van der Waals surface area (Å²) in [6, 6.07) is 18.7. The number of nitriles is 1. The van der Waals surface area contributed by atoms with E-state index in [9.17, 15) is 4.39 Å². The highest BCUT2D eigenvalue weighted by molar-refractivity contribution is 5.92. The number of hydrogen-bond donors (Lipinski definition) is 0. The van der Waals surface area contributed by atoms with Crippen LogP contribution in [-0.4, -0.2) is 9.55 Å². The van der Waals surface area contributed by atoms with Gasteiger partial charge in [0.25, 0.3) is 0 Å². The van der Waals surface area contributed by atoms with Crippen LogP contribution in [0.3, 0.4) is 0 Å². The van der Waals surface area contributed by atoms with Crippen molar-refractivity contribution in [1.29, 1.82) is 5.26 Å². The molecule has 0 aliphatic carbocycles. The standard InChI is InChI=1S/C22H16FN3.ClH/c1-15-21-19(23)5-2-6-20(21)26(22(15)18-4-3-11-25-13-18)14-17-9-7-16(12-24)8-10-17;/h2-11,13H,14H2,1H3;1H. The maximum atomic E-state index is 14.5. The van der Waals surface area contributed by atoms with E-state index in [0.717, 1.165) is 27.9 Å². The normalized spacial score (nSPS) is 10.4. The molecule has 4 rings (SSSR count). The minimum absolute atomic E-state index is 0. The van der Waals surface area contributed by atoms with Gasteiger partial charge in [-0.3, -0.25) is 4.98 Å². The molecule has 4 aromatic rings. The number of fused-ring (bicyclic) bond motifs is 1. The molecule has 27 heavy (non-hydrogen) atoms. The third-order valence-corrected chi connectivity index (χ3v) is 4.64. The van der Waals surface area contributed by atoms with E-state index in [1.54, 1.807) is 30.6 Å². The van der Waals surface area contributed by atoms with E-state index in [1.807, 2.05) is 37.3 Å². The van der Waals surface area contributed by atoms with Crippen LogP contribution in [0.15, 0.2) is 67.0 Å². The lowest BCUT2D eigenvalue weighted by Crippen LogP contribution is -2.02.